The maximum atomic E-state index is 12.8. The molecule has 1 fully saturated rings. The number of nitrogens with one attached hydrogen (secondary N) is 1. The molecule has 6 heteroatoms. The summed E-state index contributed by atoms with van der Waals surface area (Å²) in [6.45, 7) is 5.06. The third kappa shape index (κ3) is 3.75. The summed E-state index contributed by atoms with van der Waals surface area (Å²) in [7, 11) is -3.58. The van der Waals surface area contributed by atoms with Gasteiger partial charge in [-0.1, -0.05) is 19.1 Å². The first-order chi connectivity index (χ1) is 9.87. The number of rotatable bonds is 5. The summed E-state index contributed by atoms with van der Waals surface area (Å²) in [4.78, 5) is 0.288. The van der Waals surface area contributed by atoms with Crippen molar-refractivity contribution < 1.29 is 13.5 Å². The number of aliphatic hydroxyl groups is 1. The normalized spacial score (nSPS) is 24.0. The zero-order valence-corrected chi connectivity index (χ0v) is 13.5. The summed E-state index contributed by atoms with van der Waals surface area (Å²) in [5.41, 5.74) is -0.318. The number of piperidine rings is 1. The number of benzene rings is 1. The first-order valence-corrected chi connectivity index (χ1v) is 8.86. The third-order valence-electron chi connectivity index (χ3n) is 3.71. The van der Waals surface area contributed by atoms with Crippen molar-refractivity contribution in [3.05, 3.63) is 24.3 Å². The Morgan fingerprint density at radius 1 is 1.38 bits per heavy atom. The second-order valence-corrected chi connectivity index (χ2v) is 7.77. The van der Waals surface area contributed by atoms with Crippen molar-refractivity contribution in [1.82, 2.24) is 4.31 Å². The van der Waals surface area contributed by atoms with E-state index in [1.54, 1.807) is 25.1 Å². The van der Waals surface area contributed by atoms with Crippen molar-refractivity contribution in [2.75, 3.05) is 25.0 Å². The van der Waals surface area contributed by atoms with Crippen LogP contribution >= 0.6 is 0 Å². The summed E-state index contributed by atoms with van der Waals surface area (Å²) in [5.74, 6) is 0. The van der Waals surface area contributed by atoms with Crippen LogP contribution in [0.2, 0.25) is 0 Å². The van der Waals surface area contributed by atoms with Gasteiger partial charge in [0.1, 0.15) is 4.90 Å². The fourth-order valence-electron chi connectivity index (χ4n) is 2.62. The second kappa shape index (κ2) is 6.34. The summed E-state index contributed by atoms with van der Waals surface area (Å²) in [5, 5.41) is 13.3. The number of hydrogen-bond donors (Lipinski definition) is 2. The van der Waals surface area contributed by atoms with E-state index in [-0.39, 0.29) is 11.4 Å². The average molecular weight is 312 g/mol. The molecule has 5 nitrogen and oxygen atoms in total. The van der Waals surface area contributed by atoms with Crippen LogP contribution in [0.1, 0.15) is 33.1 Å². The Hall–Kier alpha value is -1.11. The molecular weight excluding hydrogens is 288 g/mol. The topological polar surface area (TPSA) is 69.6 Å². The van der Waals surface area contributed by atoms with E-state index < -0.39 is 15.6 Å². The molecule has 21 heavy (non-hydrogen) atoms. The van der Waals surface area contributed by atoms with Crippen LogP contribution in [0.3, 0.4) is 0 Å². The maximum absolute atomic E-state index is 12.8. The SMILES string of the molecule is CCCNc1ccccc1S(=O)(=O)N1CCCC(C)(O)C1. The number of β-amino-alcohol motifs (C(OH)–C–C–N with tert-alkyl or cyclic N) is 1. The summed E-state index contributed by atoms with van der Waals surface area (Å²) < 4.78 is 27.1. The van der Waals surface area contributed by atoms with Crippen LogP contribution in [0.4, 0.5) is 5.69 Å². The minimum Gasteiger partial charge on any atom is -0.389 e. The van der Waals surface area contributed by atoms with E-state index >= 15 is 0 Å². The Kier molecular flexibility index (Phi) is 4.91. The molecule has 118 valence electrons. The molecule has 1 atom stereocenters. The van der Waals surface area contributed by atoms with Crippen LogP contribution in [0.25, 0.3) is 0 Å². The van der Waals surface area contributed by atoms with Gasteiger partial charge in [-0.2, -0.15) is 4.31 Å². The van der Waals surface area contributed by atoms with Crippen molar-refractivity contribution in [3.8, 4) is 0 Å². The minimum absolute atomic E-state index is 0.150. The van der Waals surface area contributed by atoms with Crippen LogP contribution < -0.4 is 5.32 Å². The van der Waals surface area contributed by atoms with Crippen LogP contribution in [-0.4, -0.2) is 43.1 Å². The molecule has 1 aliphatic heterocycles. The van der Waals surface area contributed by atoms with Crippen molar-refractivity contribution in [1.29, 1.82) is 0 Å². The smallest absolute Gasteiger partial charge is 0.245 e. The van der Waals surface area contributed by atoms with Gasteiger partial charge in [0.05, 0.1) is 11.3 Å². The van der Waals surface area contributed by atoms with E-state index in [9.17, 15) is 13.5 Å². The Balaban J connectivity index is 2.31. The summed E-state index contributed by atoms with van der Waals surface area (Å²) in [6, 6.07) is 6.96. The highest BCUT2D eigenvalue weighted by Gasteiger charge is 2.36. The summed E-state index contributed by atoms with van der Waals surface area (Å²) in [6.07, 6.45) is 2.23. The molecule has 1 aliphatic rings. The fourth-order valence-corrected chi connectivity index (χ4v) is 4.38. The van der Waals surface area contributed by atoms with Crippen molar-refractivity contribution in [3.63, 3.8) is 0 Å². The van der Waals surface area contributed by atoms with Crippen molar-refractivity contribution >= 4 is 15.7 Å². The Bertz CT molecular complexity index is 584. The molecule has 0 spiro atoms. The molecule has 2 N–H and O–H groups in total. The van der Waals surface area contributed by atoms with Crippen LogP contribution in [0.5, 0.6) is 0 Å². The Labute approximate surface area is 127 Å². The van der Waals surface area contributed by atoms with Gasteiger partial charge < -0.3 is 10.4 Å². The highest BCUT2D eigenvalue weighted by atomic mass is 32.2. The molecule has 1 unspecified atom stereocenters. The first-order valence-electron chi connectivity index (χ1n) is 7.42. The molecular formula is C15H24N2O3S. The molecule has 0 aliphatic carbocycles. The van der Waals surface area contributed by atoms with E-state index in [0.717, 1.165) is 13.0 Å². The highest BCUT2D eigenvalue weighted by Crippen LogP contribution is 2.29. The lowest BCUT2D eigenvalue weighted by atomic mass is 9.97. The molecule has 1 saturated heterocycles. The molecule has 2 rings (SSSR count). The third-order valence-corrected chi connectivity index (χ3v) is 5.61. The standard InChI is InChI=1S/C15H24N2O3S/c1-3-10-16-13-7-4-5-8-14(13)21(19,20)17-11-6-9-15(2,18)12-17/h4-5,7-8,16,18H,3,6,9-12H2,1-2H3. The summed E-state index contributed by atoms with van der Waals surface area (Å²) >= 11 is 0. The van der Waals surface area contributed by atoms with E-state index in [0.29, 0.717) is 25.1 Å². The van der Waals surface area contributed by atoms with Gasteiger partial charge in [0, 0.05) is 19.6 Å². The molecule has 0 radical (unpaired) electrons. The number of hydrogen-bond acceptors (Lipinski definition) is 4. The van der Waals surface area contributed by atoms with E-state index in [4.69, 9.17) is 0 Å². The van der Waals surface area contributed by atoms with Gasteiger partial charge in [0.2, 0.25) is 10.0 Å². The van der Waals surface area contributed by atoms with Gasteiger partial charge in [-0.3, -0.25) is 0 Å². The molecule has 0 saturated carbocycles. The zero-order chi connectivity index (χ0) is 15.5. The number of sulfonamides is 1. The van der Waals surface area contributed by atoms with Gasteiger partial charge in [-0.05, 0) is 38.3 Å². The Morgan fingerprint density at radius 2 is 2.10 bits per heavy atom. The first kappa shape index (κ1) is 16.3. The molecule has 0 amide bonds. The minimum atomic E-state index is -3.58. The maximum Gasteiger partial charge on any atom is 0.245 e. The lowest BCUT2D eigenvalue weighted by Gasteiger charge is -2.36. The van der Waals surface area contributed by atoms with Gasteiger partial charge in [0.15, 0.2) is 0 Å². The predicted octanol–water partition coefficient (Wildman–Crippen LogP) is 2.04. The zero-order valence-electron chi connectivity index (χ0n) is 12.7. The molecule has 0 aromatic heterocycles. The lowest BCUT2D eigenvalue weighted by molar-refractivity contribution is 0.00941. The molecule has 1 aromatic rings. The average Bonchev–Trinajstić information content (AvgIpc) is 2.44. The fraction of sp³-hybridized carbons (Fsp3) is 0.600. The van der Waals surface area contributed by atoms with Crippen molar-refractivity contribution in [2.24, 2.45) is 0 Å². The largest absolute Gasteiger partial charge is 0.389 e. The van der Waals surface area contributed by atoms with Gasteiger partial charge >= 0.3 is 0 Å². The van der Waals surface area contributed by atoms with Gasteiger partial charge in [0.25, 0.3) is 0 Å². The van der Waals surface area contributed by atoms with E-state index in [1.165, 1.54) is 4.31 Å². The lowest BCUT2D eigenvalue weighted by Crippen LogP contribution is -2.48. The Morgan fingerprint density at radius 3 is 2.76 bits per heavy atom. The number of para-hydroxylation sites is 1. The van der Waals surface area contributed by atoms with Crippen LogP contribution in [0.15, 0.2) is 29.2 Å². The highest BCUT2D eigenvalue weighted by molar-refractivity contribution is 7.89. The molecule has 1 aromatic carbocycles. The van der Waals surface area contributed by atoms with E-state index in [2.05, 4.69) is 5.32 Å². The monoisotopic (exact) mass is 312 g/mol. The van der Waals surface area contributed by atoms with E-state index in [1.807, 2.05) is 13.0 Å². The number of nitrogens with zero attached hydrogens (tertiary/aromatic N) is 1. The quantitative estimate of drug-likeness (QED) is 0.873. The van der Waals surface area contributed by atoms with Gasteiger partial charge in [-0.15, -0.1) is 0 Å². The number of anilines is 1. The van der Waals surface area contributed by atoms with Crippen LogP contribution in [-0.2, 0) is 10.0 Å². The molecule has 0 bridgehead atoms. The van der Waals surface area contributed by atoms with Gasteiger partial charge in [-0.25, -0.2) is 8.42 Å². The predicted molar refractivity (Wildman–Crippen MR) is 83.8 cm³/mol. The second-order valence-electron chi connectivity index (χ2n) is 5.86. The van der Waals surface area contributed by atoms with Crippen LogP contribution in [0, 0.1) is 0 Å². The van der Waals surface area contributed by atoms with Crippen molar-refractivity contribution in [2.45, 2.75) is 43.6 Å². The molecule has 1 heterocycles.